The molecule has 0 spiro atoms. The van der Waals surface area contributed by atoms with Crippen molar-refractivity contribution >= 4 is 6.03 Å². The summed E-state index contributed by atoms with van der Waals surface area (Å²) in [6.07, 6.45) is -2.93. The molecule has 2 aliphatic rings. The van der Waals surface area contributed by atoms with Gasteiger partial charge in [-0.3, -0.25) is 9.80 Å². The first-order valence-corrected chi connectivity index (χ1v) is 7.41. The van der Waals surface area contributed by atoms with Gasteiger partial charge in [0.15, 0.2) is 0 Å². The van der Waals surface area contributed by atoms with Crippen LogP contribution in [0.3, 0.4) is 0 Å². The first-order valence-electron chi connectivity index (χ1n) is 7.41. The first kappa shape index (κ1) is 18.5. The van der Waals surface area contributed by atoms with Gasteiger partial charge in [0, 0.05) is 26.2 Å². The molecule has 2 aliphatic heterocycles. The molecule has 1 saturated heterocycles. The van der Waals surface area contributed by atoms with Gasteiger partial charge in [-0.25, -0.2) is 4.79 Å². The molecule has 4 atom stereocenters. The summed E-state index contributed by atoms with van der Waals surface area (Å²) >= 11 is 0. The summed E-state index contributed by atoms with van der Waals surface area (Å²) < 4.78 is 5.58. The lowest BCUT2D eigenvalue weighted by Crippen LogP contribution is -2.51. The standard InChI is InChI=1S/C13H20N2O5.C2H6/c1-6-10(12(18)15(4)13(19)14(6)3)11-9(17)5-8(16)7(2)20-11;1-2/h7-9,11,16-18H,1,5H2,2-4H3;1-2H3/t7-,8+,9+,11?;/m0./s1. The lowest BCUT2D eigenvalue weighted by Gasteiger charge is -2.41. The Labute approximate surface area is 131 Å². The Bertz CT molecular complexity index is 477. The number of amides is 2. The summed E-state index contributed by atoms with van der Waals surface area (Å²) in [6.45, 7) is 9.46. The highest BCUT2D eigenvalue weighted by Crippen LogP contribution is 2.34. The molecule has 7 nitrogen and oxygen atoms in total. The van der Waals surface area contributed by atoms with Crippen LogP contribution < -0.4 is 0 Å². The maximum atomic E-state index is 11.8. The number of ether oxygens (including phenoxy) is 1. The van der Waals surface area contributed by atoms with Gasteiger partial charge in [0.1, 0.15) is 6.10 Å². The molecule has 0 bridgehead atoms. The van der Waals surface area contributed by atoms with E-state index in [9.17, 15) is 20.1 Å². The van der Waals surface area contributed by atoms with Crippen molar-refractivity contribution in [1.82, 2.24) is 9.80 Å². The van der Waals surface area contributed by atoms with E-state index in [4.69, 9.17) is 4.74 Å². The molecule has 2 amide bonds. The molecule has 2 heterocycles. The van der Waals surface area contributed by atoms with Crippen LogP contribution in [0, 0.1) is 0 Å². The van der Waals surface area contributed by atoms with Gasteiger partial charge in [-0.05, 0) is 6.92 Å². The smallest absolute Gasteiger partial charge is 0.330 e. The van der Waals surface area contributed by atoms with Gasteiger partial charge in [0.25, 0.3) is 0 Å². The fraction of sp³-hybridized carbons (Fsp3) is 0.667. The van der Waals surface area contributed by atoms with Gasteiger partial charge < -0.3 is 20.1 Å². The number of hydrogen-bond donors (Lipinski definition) is 3. The zero-order chi connectivity index (χ0) is 17.2. The number of aliphatic hydroxyl groups is 3. The molecule has 0 saturated carbocycles. The van der Waals surface area contributed by atoms with E-state index >= 15 is 0 Å². The Morgan fingerprint density at radius 2 is 1.73 bits per heavy atom. The lowest BCUT2D eigenvalue weighted by atomic mass is 9.92. The molecule has 22 heavy (non-hydrogen) atoms. The van der Waals surface area contributed by atoms with Crippen molar-refractivity contribution < 1.29 is 24.9 Å². The molecule has 0 aromatic heterocycles. The van der Waals surface area contributed by atoms with Crippen LogP contribution in [-0.4, -0.2) is 69.7 Å². The number of rotatable bonds is 1. The minimum Gasteiger partial charge on any atom is -0.494 e. The topological polar surface area (TPSA) is 93.5 Å². The normalized spacial score (nSPS) is 32.9. The third-order valence-electron chi connectivity index (χ3n) is 3.87. The predicted octanol–water partition coefficient (Wildman–Crippen LogP) is 1.19. The number of urea groups is 1. The van der Waals surface area contributed by atoms with E-state index in [0.717, 1.165) is 4.90 Å². The Morgan fingerprint density at radius 1 is 1.18 bits per heavy atom. The highest BCUT2D eigenvalue weighted by atomic mass is 16.5. The molecule has 0 radical (unpaired) electrons. The predicted molar refractivity (Wildman–Crippen MR) is 82.0 cm³/mol. The maximum Gasteiger partial charge on any atom is 0.330 e. The number of hydrogen-bond acceptors (Lipinski definition) is 5. The molecule has 3 N–H and O–H groups in total. The maximum absolute atomic E-state index is 11.8. The number of carbonyl (C=O) groups is 1. The fourth-order valence-corrected chi connectivity index (χ4v) is 2.45. The Hall–Kier alpha value is -1.57. The number of likely N-dealkylation sites (N-methyl/N-ethyl adjacent to an activating group) is 1. The second kappa shape index (κ2) is 7.13. The average molecular weight is 314 g/mol. The summed E-state index contributed by atoms with van der Waals surface area (Å²) in [7, 11) is 2.95. The van der Waals surface area contributed by atoms with E-state index in [1.54, 1.807) is 6.92 Å². The second-order valence-electron chi connectivity index (χ2n) is 5.22. The molecule has 0 aliphatic carbocycles. The molecular formula is C15H26N2O5. The molecule has 126 valence electrons. The van der Waals surface area contributed by atoms with Crippen molar-refractivity contribution in [1.29, 1.82) is 0 Å². The molecule has 7 heteroatoms. The monoisotopic (exact) mass is 314 g/mol. The van der Waals surface area contributed by atoms with Gasteiger partial charge in [-0.1, -0.05) is 20.4 Å². The van der Waals surface area contributed by atoms with Gasteiger partial charge in [0.05, 0.1) is 23.9 Å². The van der Waals surface area contributed by atoms with Crippen LogP contribution in [0.2, 0.25) is 0 Å². The van der Waals surface area contributed by atoms with Crippen LogP contribution in [0.25, 0.3) is 0 Å². The van der Waals surface area contributed by atoms with E-state index in [2.05, 4.69) is 6.58 Å². The summed E-state index contributed by atoms with van der Waals surface area (Å²) in [6, 6.07) is -0.422. The van der Waals surface area contributed by atoms with Crippen LogP contribution in [0.5, 0.6) is 0 Å². The van der Waals surface area contributed by atoms with Crippen molar-refractivity contribution in [2.75, 3.05) is 14.1 Å². The van der Waals surface area contributed by atoms with Crippen molar-refractivity contribution in [3.63, 3.8) is 0 Å². The minimum absolute atomic E-state index is 0.136. The largest absolute Gasteiger partial charge is 0.494 e. The highest BCUT2D eigenvalue weighted by molar-refractivity contribution is 5.80. The molecular weight excluding hydrogens is 288 g/mol. The van der Waals surface area contributed by atoms with Gasteiger partial charge in [-0.2, -0.15) is 0 Å². The average Bonchev–Trinajstić information content (AvgIpc) is 2.50. The van der Waals surface area contributed by atoms with Crippen molar-refractivity contribution in [3.8, 4) is 0 Å². The second-order valence-corrected chi connectivity index (χ2v) is 5.22. The number of nitrogens with zero attached hydrogens (tertiary/aromatic N) is 2. The van der Waals surface area contributed by atoms with Gasteiger partial charge >= 0.3 is 6.03 Å². The van der Waals surface area contributed by atoms with E-state index in [1.807, 2.05) is 13.8 Å². The molecule has 0 aromatic rings. The fourth-order valence-electron chi connectivity index (χ4n) is 2.45. The molecule has 0 aromatic carbocycles. The van der Waals surface area contributed by atoms with Crippen LogP contribution in [0.4, 0.5) is 4.79 Å². The summed E-state index contributed by atoms with van der Waals surface area (Å²) in [5.41, 5.74) is 0.541. The van der Waals surface area contributed by atoms with Gasteiger partial charge in [-0.15, -0.1) is 0 Å². The van der Waals surface area contributed by atoms with Crippen LogP contribution in [0.15, 0.2) is 23.7 Å². The molecule has 2 rings (SSSR count). The Morgan fingerprint density at radius 3 is 2.27 bits per heavy atom. The summed E-state index contributed by atoms with van der Waals surface area (Å²) in [5.74, 6) is -0.286. The third kappa shape index (κ3) is 3.11. The van der Waals surface area contributed by atoms with E-state index < -0.39 is 30.4 Å². The molecule has 1 unspecified atom stereocenters. The highest BCUT2D eigenvalue weighted by Gasteiger charge is 2.42. The molecule has 1 fully saturated rings. The zero-order valence-corrected chi connectivity index (χ0v) is 13.8. The van der Waals surface area contributed by atoms with Crippen LogP contribution >= 0.6 is 0 Å². The third-order valence-corrected chi connectivity index (χ3v) is 3.87. The Kier molecular flexibility index (Phi) is 5.99. The van der Waals surface area contributed by atoms with Crippen molar-refractivity contribution in [2.24, 2.45) is 0 Å². The first-order chi connectivity index (χ1) is 10.3. The van der Waals surface area contributed by atoms with E-state index in [-0.39, 0.29) is 23.6 Å². The number of aliphatic hydroxyl groups excluding tert-OH is 3. The Balaban J connectivity index is 0.00000116. The zero-order valence-electron chi connectivity index (χ0n) is 13.8. The van der Waals surface area contributed by atoms with Gasteiger partial charge in [0.2, 0.25) is 5.88 Å². The van der Waals surface area contributed by atoms with Crippen molar-refractivity contribution in [3.05, 3.63) is 23.7 Å². The number of carbonyl (C=O) groups excluding carboxylic acids is 1. The van der Waals surface area contributed by atoms with Crippen molar-refractivity contribution in [2.45, 2.75) is 51.6 Å². The summed E-state index contributed by atoms with van der Waals surface area (Å²) in [4.78, 5) is 14.2. The van der Waals surface area contributed by atoms with Crippen LogP contribution in [0.1, 0.15) is 27.2 Å². The summed E-state index contributed by atoms with van der Waals surface area (Å²) in [5, 5.41) is 29.9. The minimum atomic E-state index is -0.981. The van der Waals surface area contributed by atoms with Crippen LogP contribution in [-0.2, 0) is 4.74 Å². The van der Waals surface area contributed by atoms with E-state index in [0.29, 0.717) is 0 Å². The SMILES string of the molecule is C=C1C(C2O[C@@H](C)[C@H](O)C[C@H]2O)=C(O)N(C)C(=O)N1C.CC. The van der Waals surface area contributed by atoms with E-state index in [1.165, 1.54) is 19.0 Å². The lowest BCUT2D eigenvalue weighted by molar-refractivity contribution is -0.149. The quantitative estimate of drug-likeness (QED) is 0.676.